The first-order valence-corrected chi connectivity index (χ1v) is 16.6. The molecule has 2 fully saturated rings. The summed E-state index contributed by atoms with van der Waals surface area (Å²) in [5.41, 5.74) is 0.402. The zero-order chi connectivity index (χ0) is 32.4. The fourth-order valence-electron chi connectivity index (χ4n) is 7.30. The molecule has 2 aromatic carbocycles. The monoisotopic (exact) mass is 629 g/mol. The lowest BCUT2D eigenvalue weighted by molar-refractivity contribution is -0.167. The Morgan fingerprint density at radius 2 is 1.74 bits per heavy atom. The number of aromatic amines is 1. The number of methoxy groups -OCH3 is 1. The number of carbonyl (C=O) groups excluding carboxylic acids is 3. The molecule has 10 nitrogen and oxygen atoms in total. The number of amides is 3. The molecule has 246 valence electrons. The molecule has 3 N–H and O–H groups in total. The molecule has 0 radical (unpaired) electrons. The van der Waals surface area contributed by atoms with Gasteiger partial charge in [0, 0.05) is 38.7 Å². The number of nitrogens with one attached hydrogen (secondary N) is 3. The first-order valence-electron chi connectivity index (χ1n) is 16.6. The third kappa shape index (κ3) is 7.37. The van der Waals surface area contributed by atoms with Gasteiger partial charge in [0.25, 0.3) is 5.91 Å². The van der Waals surface area contributed by atoms with Gasteiger partial charge in [-0.25, -0.2) is 9.78 Å². The lowest BCUT2D eigenvalue weighted by atomic mass is 9.63. The summed E-state index contributed by atoms with van der Waals surface area (Å²) in [5, 5.41) is 6.07. The SMILES string of the molecule is CCOC(=O)C1(C2CCCCC2)CCN(C(=O)C(Cc2ccc(OC)cc2)(NC(=O)NCCc2c[nH]cn2)c2ccccc2)CC1. The number of hydrogen-bond acceptors (Lipinski definition) is 6. The van der Waals surface area contributed by atoms with E-state index in [0.29, 0.717) is 56.8 Å². The third-order valence-corrected chi connectivity index (χ3v) is 9.82. The van der Waals surface area contributed by atoms with Crippen molar-refractivity contribution in [3.8, 4) is 5.75 Å². The molecular weight excluding hydrogens is 582 g/mol. The Labute approximate surface area is 271 Å². The number of likely N-dealkylation sites (tertiary alicyclic amines) is 1. The molecule has 1 unspecified atom stereocenters. The van der Waals surface area contributed by atoms with Gasteiger partial charge in [0.1, 0.15) is 11.3 Å². The molecule has 0 spiro atoms. The number of ether oxygens (including phenoxy) is 2. The Kier molecular flexibility index (Phi) is 11.0. The molecule has 46 heavy (non-hydrogen) atoms. The van der Waals surface area contributed by atoms with Gasteiger partial charge in [0.15, 0.2) is 0 Å². The van der Waals surface area contributed by atoms with E-state index in [9.17, 15) is 14.4 Å². The number of rotatable bonds is 12. The maximum atomic E-state index is 15.0. The van der Waals surface area contributed by atoms with Crippen LogP contribution in [0.1, 0.15) is 68.7 Å². The second-order valence-electron chi connectivity index (χ2n) is 12.5. The number of carbonyl (C=O) groups is 3. The third-order valence-electron chi connectivity index (χ3n) is 9.82. The summed E-state index contributed by atoms with van der Waals surface area (Å²) in [6.07, 6.45) is 10.7. The van der Waals surface area contributed by atoms with Gasteiger partial charge in [0.05, 0.1) is 31.2 Å². The van der Waals surface area contributed by atoms with Crippen LogP contribution in [0.4, 0.5) is 4.79 Å². The van der Waals surface area contributed by atoms with Crippen molar-refractivity contribution in [1.29, 1.82) is 0 Å². The average Bonchev–Trinajstić information content (AvgIpc) is 3.62. The number of benzene rings is 2. The number of nitrogens with zero attached hydrogens (tertiary/aromatic N) is 2. The van der Waals surface area contributed by atoms with Crippen molar-refractivity contribution in [3.63, 3.8) is 0 Å². The van der Waals surface area contributed by atoms with Gasteiger partial charge in [0.2, 0.25) is 0 Å². The minimum absolute atomic E-state index is 0.129. The predicted octanol–water partition coefficient (Wildman–Crippen LogP) is 5.15. The number of aromatic nitrogens is 2. The summed E-state index contributed by atoms with van der Waals surface area (Å²) in [5.74, 6) is 0.640. The molecule has 1 aromatic heterocycles. The highest BCUT2D eigenvalue weighted by Gasteiger charge is 2.52. The van der Waals surface area contributed by atoms with Crippen molar-refractivity contribution in [1.82, 2.24) is 25.5 Å². The normalized spacial score (nSPS) is 17.8. The van der Waals surface area contributed by atoms with E-state index in [2.05, 4.69) is 20.6 Å². The summed E-state index contributed by atoms with van der Waals surface area (Å²) in [7, 11) is 1.61. The van der Waals surface area contributed by atoms with Gasteiger partial charge in [-0.3, -0.25) is 9.59 Å². The van der Waals surface area contributed by atoms with Crippen molar-refractivity contribution in [3.05, 3.63) is 83.9 Å². The fraction of sp³-hybridized carbons (Fsp3) is 0.500. The van der Waals surface area contributed by atoms with Gasteiger partial charge in [-0.2, -0.15) is 0 Å². The molecule has 1 atom stereocenters. The molecule has 1 aliphatic carbocycles. The molecule has 10 heteroatoms. The van der Waals surface area contributed by atoms with Gasteiger partial charge >= 0.3 is 12.0 Å². The van der Waals surface area contributed by atoms with Crippen LogP contribution in [0.5, 0.6) is 5.75 Å². The highest BCUT2D eigenvalue weighted by Crippen LogP contribution is 2.47. The maximum absolute atomic E-state index is 15.0. The summed E-state index contributed by atoms with van der Waals surface area (Å²) < 4.78 is 11.0. The summed E-state index contributed by atoms with van der Waals surface area (Å²) in [4.78, 5) is 51.1. The number of hydrogen-bond donors (Lipinski definition) is 3. The van der Waals surface area contributed by atoms with Gasteiger partial charge in [-0.1, -0.05) is 61.7 Å². The number of esters is 1. The van der Waals surface area contributed by atoms with Crippen molar-refractivity contribution < 1.29 is 23.9 Å². The standard InChI is InChI=1S/C36H47N5O5/c1-3-46-33(43)35(28-10-6-4-7-11-28)19-22-41(23-20-35)32(42)36(29-12-8-5-9-13-29,24-27-14-16-31(45-2)17-15-27)40-34(44)38-21-18-30-25-37-26-39-30/h5,8-9,12-17,25-26,28H,3-4,6-7,10-11,18-24H2,1-2H3,(H,37,39)(H2,38,40,44). The van der Waals surface area contributed by atoms with Crippen LogP contribution in [-0.2, 0) is 32.7 Å². The molecule has 1 saturated heterocycles. The van der Waals surface area contributed by atoms with E-state index < -0.39 is 17.0 Å². The lowest BCUT2D eigenvalue weighted by Gasteiger charge is -2.47. The fourth-order valence-corrected chi connectivity index (χ4v) is 7.30. The number of piperidine rings is 1. The molecule has 2 heterocycles. The van der Waals surface area contributed by atoms with Crippen molar-refractivity contribution in [2.45, 2.75) is 70.3 Å². The van der Waals surface area contributed by atoms with Crippen LogP contribution in [0.15, 0.2) is 67.1 Å². The van der Waals surface area contributed by atoms with E-state index >= 15 is 0 Å². The Morgan fingerprint density at radius 3 is 2.37 bits per heavy atom. The molecule has 5 rings (SSSR count). The Hall–Kier alpha value is -4.34. The van der Waals surface area contributed by atoms with E-state index in [4.69, 9.17) is 9.47 Å². The van der Waals surface area contributed by atoms with E-state index in [1.807, 2.05) is 66.4 Å². The molecule has 2 aliphatic rings. The molecule has 1 aliphatic heterocycles. The van der Waals surface area contributed by atoms with E-state index in [0.717, 1.165) is 36.9 Å². The van der Waals surface area contributed by atoms with Crippen LogP contribution < -0.4 is 15.4 Å². The second kappa shape index (κ2) is 15.3. The minimum atomic E-state index is -1.40. The zero-order valence-corrected chi connectivity index (χ0v) is 27.1. The predicted molar refractivity (Wildman–Crippen MR) is 175 cm³/mol. The Bertz CT molecular complexity index is 1410. The minimum Gasteiger partial charge on any atom is -0.497 e. The Balaban J connectivity index is 1.44. The number of H-pyrrole nitrogens is 1. The molecule has 1 saturated carbocycles. The zero-order valence-electron chi connectivity index (χ0n) is 27.1. The van der Waals surface area contributed by atoms with E-state index in [-0.39, 0.29) is 24.2 Å². The Morgan fingerprint density at radius 1 is 1.02 bits per heavy atom. The topological polar surface area (TPSA) is 126 Å². The number of imidazole rings is 1. The molecule has 3 amide bonds. The smallest absolute Gasteiger partial charge is 0.315 e. The van der Waals surface area contributed by atoms with Gasteiger partial charge in [-0.05, 0) is 61.8 Å². The summed E-state index contributed by atoms with van der Waals surface area (Å²) >= 11 is 0. The highest BCUT2D eigenvalue weighted by molar-refractivity contribution is 5.93. The van der Waals surface area contributed by atoms with Crippen molar-refractivity contribution in [2.24, 2.45) is 11.3 Å². The van der Waals surface area contributed by atoms with Crippen LogP contribution in [0, 0.1) is 11.3 Å². The molecule has 3 aromatic rings. The van der Waals surface area contributed by atoms with E-state index in [1.54, 1.807) is 19.6 Å². The van der Waals surface area contributed by atoms with Gasteiger partial charge < -0.3 is 30.0 Å². The summed E-state index contributed by atoms with van der Waals surface area (Å²) in [6.45, 7) is 3.37. The van der Waals surface area contributed by atoms with Crippen LogP contribution in [0.25, 0.3) is 0 Å². The summed E-state index contributed by atoms with van der Waals surface area (Å²) in [6, 6.07) is 16.6. The van der Waals surface area contributed by atoms with Gasteiger partial charge in [-0.15, -0.1) is 0 Å². The number of urea groups is 1. The average molecular weight is 630 g/mol. The molecule has 0 bridgehead atoms. The quantitative estimate of drug-likeness (QED) is 0.238. The lowest BCUT2D eigenvalue weighted by Crippen LogP contribution is -2.62. The maximum Gasteiger partial charge on any atom is 0.315 e. The van der Waals surface area contributed by atoms with Crippen molar-refractivity contribution in [2.75, 3.05) is 33.4 Å². The second-order valence-corrected chi connectivity index (χ2v) is 12.5. The van der Waals surface area contributed by atoms with Crippen LogP contribution >= 0.6 is 0 Å². The molecular formula is C36H47N5O5. The van der Waals surface area contributed by atoms with Crippen LogP contribution in [-0.4, -0.2) is 66.1 Å². The van der Waals surface area contributed by atoms with E-state index in [1.165, 1.54) is 6.42 Å². The van der Waals surface area contributed by atoms with Crippen molar-refractivity contribution >= 4 is 17.9 Å². The highest BCUT2D eigenvalue weighted by atomic mass is 16.5. The first kappa shape index (κ1) is 33.0. The largest absolute Gasteiger partial charge is 0.497 e. The van der Waals surface area contributed by atoms with Crippen LogP contribution in [0.2, 0.25) is 0 Å². The first-order chi connectivity index (χ1) is 22.4. The van der Waals surface area contributed by atoms with Crippen LogP contribution in [0.3, 0.4) is 0 Å².